The highest BCUT2D eigenvalue weighted by Crippen LogP contribution is 2.27. The number of nitrogens with one attached hydrogen (secondary N) is 2. The summed E-state index contributed by atoms with van der Waals surface area (Å²) in [6, 6.07) is 23.2. The Bertz CT molecular complexity index is 1360. The van der Waals surface area contributed by atoms with Gasteiger partial charge in [-0.3, -0.25) is 9.59 Å². The number of aryl methyl sites for hydroxylation is 2. The maximum atomic E-state index is 12.9. The van der Waals surface area contributed by atoms with Gasteiger partial charge < -0.3 is 19.9 Å². The number of nitrogens with zero attached hydrogens (tertiary/aromatic N) is 2. The third kappa shape index (κ3) is 5.04. The van der Waals surface area contributed by atoms with Crippen molar-refractivity contribution >= 4 is 28.5 Å². The van der Waals surface area contributed by atoms with Crippen molar-refractivity contribution < 1.29 is 14.3 Å². The Hall–Kier alpha value is -4.13. The summed E-state index contributed by atoms with van der Waals surface area (Å²) in [6.45, 7) is 0.431. The van der Waals surface area contributed by atoms with Crippen LogP contribution in [0.4, 0.5) is 5.69 Å². The molecular formula is C28H28N4O3. The number of anilines is 1. The van der Waals surface area contributed by atoms with Gasteiger partial charge in [-0.2, -0.15) is 0 Å². The lowest BCUT2D eigenvalue weighted by molar-refractivity contribution is -0.122. The van der Waals surface area contributed by atoms with Crippen molar-refractivity contribution in [2.24, 2.45) is 7.05 Å². The zero-order valence-corrected chi connectivity index (χ0v) is 19.7. The molecular weight excluding hydrogens is 440 g/mol. The van der Waals surface area contributed by atoms with Crippen molar-refractivity contribution in [3.05, 3.63) is 89.7 Å². The van der Waals surface area contributed by atoms with Crippen molar-refractivity contribution in [2.45, 2.75) is 31.7 Å². The summed E-state index contributed by atoms with van der Waals surface area (Å²) in [7, 11) is 1.98. The topological polar surface area (TPSA) is 85.2 Å². The molecule has 0 fully saturated rings. The fraction of sp³-hybridized carbons (Fsp3) is 0.250. The van der Waals surface area contributed by atoms with Crippen LogP contribution in [-0.2, 0) is 23.1 Å². The lowest BCUT2D eigenvalue weighted by Crippen LogP contribution is -2.31. The van der Waals surface area contributed by atoms with E-state index in [-0.39, 0.29) is 17.9 Å². The molecule has 2 N–H and O–H groups in total. The van der Waals surface area contributed by atoms with Gasteiger partial charge in [-0.15, -0.1) is 0 Å². The minimum Gasteiger partial charge on any atom is -0.494 e. The van der Waals surface area contributed by atoms with E-state index >= 15 is 0 Å². The van der Waals surface area contributed by atoms with Crippen LogP contribution < -0.4 is 15.4 Å². The molecule has 0 saturated carbocycles. The van der Waals surface area contributed by atoms with Gasteiger partial charge in [0.1, 0.15) is 17.6 Å². The van der Waals surface area contributed by atoms with Gasteiger partial charge in [0.15, 0.2) is 0 Å². The zero-order chi connectivity index (χ0) is 24.2. The fourth-order valence-electron chi connectivity index (χ4n) is 4.47. The SMILES string of the molecule is Cn1c(C(NC(=O)CCCOc2ccc3c(c2)CCC(=O)N3)c2ccccc2)nc2ccccc21. The third-order valence-electron chi connectivity index (χ3n) is 6.31. The van der Waals surface area contributed by atoms with E-state index in [0.29, 0.717) is 32.3 Å². The number of carbonyl (C=O) groups excluding carboxylic acids is 2. The second-order valence-electron chi connectivity index (χ2n) is 8.75. The molecule has 1 aliphatic rings. The number of ether oxygens (including phenoxy) is 1. The average Bonchev–Trinajstić information content (AvgIpc) is 3.22. The minimum absolute atomic E-state index is 0.0460. The molecule has 1 atom stereocenters. The summed E-state index contributed by atoms with van der Waals surface area (Å²) in [6.07, 6.45) is 2.13. The number of carbonyl (C=O) groups is 2. The Balaban J connectivity index is 1.22. The standard InChI is InChI=1S/C28H28N4O3/c1-32-24-11-6-5-10-23(24)30-28(32)27(19-8-3-2-4-9-19)31-25(33)12-7-17-35-21-14-15-22-20(18-21)13-16-26(34)29-22/h2-6,8-11,14-15,18,27H,7,12-13,16-17H2,1H3,(H,29,34)(H,31,33). The Labute approximate surface area is 204 Å². The number of amides is 2. The molecule has 4 aromatic rings. The normalized spacial score (nSPS) is 13.7. The second-order valence-corrected chi connectivity index (χ2v) is 8.75. The van der Waals surface area contributed by atoms with E-state index in [4.69, 9.17) is 9.72 Å². The van der Waals surface area contributed by atoms with Crippen LogP contribution >= 0.6 is 0 Å². The molecule has 1 aromatic heterocycles. The monoisotopic (exact) mass is 468 g/mol. The van der Waals surface area contributed by atoms with Crippen molar-refractivity contribution in [1.29, 1.82) is 0 Å². The number of hydrogen-bond acceptors (Lipinski definition) is 4. The van der Waals surface area contributed by atoms with Crippen LogP contribution in [0.15, 0.2) is 72.8 Å². The number of benzene rings is 3. The predicted octanol–water partition coefficient (Wildman–Crippen LogP) is 4.52. The smallest absolute Gasteiger partial charge is 0.224 e. The van der Waals surface area contributed by atoms with E-state index in [1.807, 2.05) is 84.4 Å². The van der Waals surface area contributed by atoms with E-state index in [9.17, 15) is 9.59 Å². The lowest BCUT2D eigenvalue weighted by Gasteiger charge is -2.19. The molecule has 2 heterocycles. The van der Waals surface area contributed by atoms with Gasteiger partial charge in [-0.1, -0.05) is 42.5 Å². The molecule has 7 heteroatoms. The van der Waals surface area contributed by atoms with E-state index in [2.05, 4.69) is 10.6 Å². The first-order chi connectivity index (χ1) is 17.1. The van der Waals surface area contributed by atoms with E-state index in [1.54, 1.807) is 0 Å². The Morgan fingerprint density at radius 3 is 2.71 bits per heavy atom. The van der Waals surface area contributed by atoms with Gasteiger partial charge in [-0.25, -0.2) is 4.98 Å². The van der Waals surface area contributed by atoms with Crippen LogP contribution in [0.1, 0.15) is 42.3 Å². The summed E-state index contributed by atoms with van der Waals surface area (Å²) >= 11 is 0. The largest absolute Gasteiger partial charge is 0.494 e. The van der Waals surface area contributed by atoms with Gasteiger partial charge in [0.25, 0.3) is 0 Å². The molecule has 2 amide bonds. The van der Waals surface area contributed by atoms with Crippen molar-refractivity contribution in [3.8, 4) is 5.75 Å². The molecule has 1 aliphatic heterocycles. The molecule has 35 heavy (non-hydrogen) atoms. The van der Waals surface area contributed by atoms with Crippen LogP contribution in [0.5, 0.6) is 5.75 Å². The van der Waals surface area contributed by atoms with E-state index in [0.717, 1.165) is 39.4 Å². The predicted molar refractivity (Wildman–Crippen MR) is 135 cm³/mol. The number of imidazole rings is 1. The highest BCUT2D eigenvalue weighted by Gasteiger charge is 2.22. The fourth-order valence-corrected chi connectivity index (χ4v) is 4.47. The van der Waals surface area contributed by atoms with Gasteiger partial charge in [0.2, 0.25) is 11.8 Å². The number of aromatic nitrogens is 2. The summed E-state index contributed by atoms with van der Waals surface area (Å²) in [5, 5.41) is 6.05. The van der Waals surface area contributed by atoms with Crippen molar-refractivity contribution in [1.82, 2.24) is 14.9 Å². The summed E-state index contributed by atoms with van der Waals surface area (Å²) in [5.41, 5.74) is 4.83. The van der Waals surface area contributed by atoms with Gasteiger partial charge >= 0.3 is 0 Å². The highest BCUT2D eigenvalue weighted by molar-refractivity contribution is 5.94. The van der Waals surface area contributed by atoms with Crippen LogP contribution in [0, 0.1) is 0 Å². The highest BCUT2D eigenvalue weighted by atomic mass is 16.5. The Morgan fingerprint density at radius 1 is 1.09 bits per heavy atom. The number of hydrogen-bond donors (Lipinski definition) is 2. The van der Waals surface area contributed by atoms with Gasteiger partial charge in [0.05, 0.1) is 17.6 Å². The summed E-state index contributed by atoms with van der Waals surface area (Å²) < 4.78 is 7.91. The first-order valence-corrected chi connectivity index (χ1v) is 11.9. The molecule has 5 rings (SSSR count). The molecule has 0 aliphatic carbocycles. The quantitative estimate of drug-likeness (QED) is 0.372. The minimum atomic E-state index is -0.349. The molecule has 7 nitrogen and oxygen atoms in total. The number of fused-ring (bicyclic) bond motifs is 2. The Kier molecular flexibility index (Phi) is 6.48. The van der Waals surface area contributed by atoms with Crippen LogP contribution in [0.2, 0.25) is 0 Å². The maximum absolute atomic E-state index is 12.9. The number of para-hydroxylation sites is 2. The Morgan fingerprint density at radius 2 is 1.89 bits per heavy atom. The maximum Gasteiger partial charge on any atom is 0.224 e. The second kappa shape index (κ2) is 10.0. The lowest BCUT2D eigenvalue weighted by atomic mass is 10.0. The van der Waals surface area contributed by atoms with Crippen LogP contribution in [-0.4, -0.2) is 28.0 Å². The van der Waals surface area contributed by atoms with Gasteiger partial charge in [0, 0.05) is 25.6 Å². The summed E-state index contributed by atoms with van der Waals surface area (Å²) in [5.74, 6) is 1.54. The van der Waals surface area contributed by atoms with Crippen molar-refractivity contribution in [3.63, 3.8) is 0 Å². The van der Waals surface area contributed by atoms with Crippen molar-refractivity contribution in [2.75, 3.05) is 11.9 Å². The first-order valence-electron chi connectivity index (χ1n) is 11.9. The molecule has 0 radical (unpaired) electrons. The summed E-state index contributed by atoms with van der Waals surface area (Å²) in [4.78, 5) is 29.3. The molecule has 3 aromatic carbocycles. The third-order valence-corrected chi connectivity index (χ3v) is 6.31. The number of rotatable bonds is 8. The molecule has 0 spiro atoms. The van der Waals surface area contributed by atoms with E-state index in [1.165, 1.54) is 0 Å². The van der Waals surface area contributed by atoms with Crippen LogP contribution in [0.25, 0.3) is 11.0 Å². The zero-order valence-electron chi connectivity index (χ0n) is 19.7. The molecule has 0 bridgehead atoms. The van der Waals surface area contributed by atoms with Crippen LogP contribution in [0.3, 0.4) is 0 Å². The first kappa shape index (κ1) is 22.7. The average molecular weight is 469 g/mol. The van der Waals surface area contributed by atoms with E-state index < -0.39 is 0 Å². The molecule has 1 unspecified atom stereocenters. The van der Waals surface area contributed by atoms with Gasteiger partial charge in [-0.05, 0) is 54.3 Å². The molecule has 0 saturated heterocycles. The molecule has 178 valence electrons.